The van der Waals surface area contributed by atoms with Gasteiger partial charge in [-0.25, -0.2) is 10.5 Å². The first-order valence-electron chi connectivity index (χ1n) is 11.3. The standard InChI is InChI=1S/C26H23N7OS/c27-32-22-12-5-4-11-21(22)29-26(32)35-20-10-6-9-19(17-20)31-16-14-24(34)25(30-31)23-13-15-28-33(23)18-7-2-1-3-8-18/h1-7,9-18,26,29H,8,27H2. The molecule has 35 heavy (non-hydrogen) atoms. The molecule has 0 saturated heterocycles. The lowest BCUT2D eigenvalue weighted by Gasteiger charge is -2.21. The molecule has 6 rings (SSSR count). The number of nitrogens with one attached hydrogen (secondary N) is 1. The molecule has 0 bridgehead atoms. The van der Waals surface area contributed by atoms with Crippen molar-refractivity contribution in [2.75, 3.05) is 10.3 Å². The van der Waals surface area contributed by atoms with Crippen molar-refractivity contribution in [1.82, 2.24) is 19.6 Å². The number of hydrazine groups is 1. The molecule has 0 fully saturated rings. The minimum absolute atomic E-state index is 0.0572. The van der Waals surface area contributed by atoms with Crippen LogP contribution in [-0.2, 0) is 0 Å². The predicted octanol–water partition coefficient (Wildman–Crippen LogP) is 4.33. The summed E-state index contributed by atoms with van der Waals surface area (Å²) in [4.78, 5) is 13.8. The number of fused-ring (bicyclic) bond motifs is 1. The van der Waals surface area contributed by atoms with Crippen LogP contribution in [0, 0.1) is 0 Å². The molecule has 8 nitrogen and oxygen atoms in total. The number of hydrogen-bond donors (Lipinski definition) is 2. The summed E-state index contributed by atoms with van der Waals surface area (Å²) in [5.41, 5.74) is 3.62. The maximum absolute atomic E-state index is 12.8. The summed E-state index contributed by atoms with van der Waals surface area (Å²) in [5.74, 6) is 6.33. The summed E-state index contributed by atoms with van der Waals surface area (Å²) >= 11 is 1.61. The third-order valence-electron chi connectivity index (χ3n) is 6.04. The van der Waals surface area contributed by atoms with Crippen LogP contribution in [0.2, 0.25) is 0 Å². The van der Waals surface area contributed by atoms with Crippen molar-refractivity contribution in [3.63, 3.8) is 0 Å². The van der Waals surface area contributed by atoms with E-state index in [2.05, 4.69) is 22.6 Å². The Morgan fingerprint density at radius 1 is 1.06 bits per heavy atom. The summed E-state index contributed by atoms with van der Waals surface area (Å²) in [6.07, 6.45) is 12.4. The monoisotopic (exact) mass is 481 g/mol. The maximum Gasteiger partial charge on any atom is 0.209 e. The topological polar surface area (TPSA) is 94.0 Å². The average molecular weight is 482 g/mol. The van der Waals surface area contributed by atoms with E-state index in [1.807, 2.05) is 71.4 Å². The molecule has 1 aliphatic heterocycles. The fraction of sp³-hybridized carbons (Fsp3) is 0.115. The van der Waals surface area contributed by atoms with Gasteiger partial charge in [0, 0.05) is 23.4 Å². The van der Waals surface area contributed by atoms with E-state index in [-0.39, 0.29) is 17.0 Å². The lowest BCUT2D eigenvalue weighted by Crippen LogP contribution is -2.38. The number of allylic oxidation sites excluding steroid dienone is 4. The molecule has 2 aromatic heterocycles. The fourth-order valence-electron chi connectivity index (χ4n) is 4.31. The van der Waals surface area contributed by atoms with Gasteiger partial charge in [0.05, 0.1) is 28.8 Å². The predicted molar refractivity (Wildman–Crippen MR) is 139 cm³/mol. The number of rotatable bonds is 5. The zero-order valence-electron chi connectivity index (χ0n) is 18.7. The van der Waals surface area contributed by atoms with E-state index in [0.717, 1.165) is 28.4 Å². The molecule has 0 radical (unpaired) electrons. The Hall–Kier alpha value is -4.08. The van der Waals surface area contributed by atoms with E-state index >= 15 is 0 Å². The Bertz CT molecular complexity index is 1510. The van der Waals surface area contributed by atoms with Crippen molar-refractivity contribution in [3.8, 4) is 17.1 Å². The number of benzene rings is 2. The van der Waals surface area contributed by atoms with Gasteiger partial charge < -0.3 is 5.32 Å². The first kappa shape index (κ1) is 21.5. The number of para-hydroxylation sites is 2. The van der Waals surface area contributed by atoms with Crippen LogP contribution in [0.15, 0.2) is 107 Å². The van der Waals surface area contributed by atoms with Crippen LogP contribution in [-0.4, -0.2) is 25.1 Å². The van der Waals surface area contributed by atoms with E-state index in [0.29, 0.717) is 11.4 Å². The van der Waals surface area contributed by atoms with Crippen LogP contribution in [0.1, 0.15) is 12.5 Å². The molecule has 0 spiro atoms. The second-order valence-corrected chi connectivity index (χ2v) is 9.44. The molecule has 2 aromatic carbocycles. The number of anilines is 2. The first-order chi connectivity index (χ1) is 17.2. The summed E-state index contributed by atoms with van der Waals surface area (Å²) in [6, 6.07) is 19.4. The zero-order valence-corrected chi connectivity index (χ0v) is 19.5. The van der Waals surface area contributed by atoms with Gasteiger partial charge in [0.2, 0.25) is 5.43 Å². The highest BCUT2D eigenvalue weighted by atomic mass is 32.2. The maximum atomic E-state index is 12.8. The van der Waals surface area contributed by atoms with Crippen molar-refractivity contribution in [3.05, 3.63) is 108 Å². The number of nitrogens with zero attached hydrogens (tertiary/aromatic N) is 5. The quantitative estimate of drug-likeness (QED) is 0.410. The van der Waals surface area contributed by atoms with Gasteiger partial charge >= 0.3 is 0 Å². The Balaban J connectivity index is 1.29. The zero-order chi connectivity index (χ0) is 23.8. The number of aromatic nitrogens is 4. The van der Waals surface area contributed by atoms with E-state index in [4.69, 9.17) is 10.9 Å². The van der Waals surface area contributed by atoms with Gasteiger partial charge in [-0.3, -0.25) is 14.5 Å². The van der Waals surface area contributed by atoms with Gasteiger partial charge in [-0.2, -0.15) is 10.2 Å². The Morgan fingerprint density at radius 3 is 2.83 bits per heavy atom. The van der Waals surface area contributed by atoms with Crippen LogP contribution < -0.4 is 21.6 Å². The molecule has 2 atom stereocenters. The van der Waals surface area contributed by atoms with Gasteiger partial charge in [-0.1, -0.05) is 54.3 Å². The lowest BCUT2D eigenvalue weighted by atomic mass is 10.1. The minimum Gasteiger partial charge on any atom is -0.354 e. The molecule has 2 aliphatic rings. The summed E-state index contributed by atoms with van der Waals surface area (Å²) in [7, 11) is 0. The molecular weight excluding hydrogens is 458 g/mol. The molecule has 0 saturated carbocycles. The van der Waals surface area contributed by atoms with Crippen LogP contribution in [0.25, 0.3) is 17.1 Å². The number of nitrogens with two attached hydrogens (primary N) is 1. The number of hydrogen-bond acceptors (Lipinski definition) is 7. The third-order valence-corrected chi connectivity index (χ3v) is 7.13. The Morgan fingerprint density at radius 2 is 1.97 bits per heavy atom. The largest absolute Gasteiger partial charge is 0.354 e. The van der Waals surface area contributed by atoms with E-state index in [1.165, 1.54) is 0 Å². The second kappa shape index (κ2) is 8.94. The highest BCUT2D eigenvalue weighted by Gasteiger charge is 2.27. The molecule has 1 aliphatic carbocycles. The van der Waals surface area contributed by atoms with Crippen molar-refractivity contribution in [2.45, 2.75) is 22.9 Å². The van der Waals surface area contributed by atoms with Gasteiger partial charge in [-0.15, -0.1) is 0 Å². The molecule has 3 heterocycles. The second-order valence-electron chi connectivity index (χ2n) is 8.29. The lowest BCUT2D eigenvalue weighted by molar-refractivity contribution is 0.545. The molecule has 2 unspecified atom stereocenters. The van der Waals surface area contributed by atoms with Crippen molar-refractivity contribution in [2.24, 2.45) is 5.84 Å². The summed E-state index contributed by atoms with van der Waals surface area (Å²) in [6.45, 7) is 0. The van der Waals surface area contributed by atoms with Gasteiger partial charge in [-0.05, 0) is 42.8 Å². The molecule has 3 N–H and O–H groups in total. The van der Waals surface area contributed by atoms with E-state index in [9.17, 15) is 4.79 Å². The SMILES string of the molecule is NN1c2ccccc2NC1Sc1cccc(-n2ccc(=O)c(-c3ccnn3C3C=CC=CC3)n2)c1. The van der Waals surface area contributed by atoms with Crippen molar-refractivity contribution < 1.29 is 0 Å². The normalized spacial score (nSPS) is 18.5. The number of thioether (sulfide) groups is 1. The van der Waals surface area contributed by atoms with Crippen LogP contribution in [0.5, 0.6) is 0 Å². The van der Waals surface area contributed by atoms with Gasteiger partial charge in [0.1, 0.15) is 0 Å². The summed E-state index contributed by atoms with van der Waals surface area (Å²) in [5, 5.41) is 14.4. The summed E-state index contributed by atoms with van der Waals surface area (Å²) < 4.78 is 3.59. The molecule has 0 amide bonds. The highest BCUT2D eigenvalue weighted by Crippen LogP contribution is 2.38. The third kappa shape index (κ3) is 4.05. The Kier molecular flexibility index (Phi) is 5.48. The molecule has 174 valence electrons. The van der Waals surface area contributed by atoms with Crippen molar-refractivity contribution >= 4 is 23.1 Å². The van der Waals surface area contributed by atoms with E-state index in [1.54, 1.807) is 39.9 Å². The average Bonchev–Trinajstić information content (AvgIpc) is 3.50. The first-order valence-corrected chi connectivity index (χ1v) is 12.2. The van der Waals surface area contributed by atoms with Crippen LogP contribution >= 0.6 is 11.8 Å². The van der Waals surface area contributed by atoms with Crippen LogP contribution in [0.4, 0.5) is 11.4 Å². The Labute approximate surface area is 206 Å². The molecule has 4 aromatic rings. The molecular formula is C26H23N7OS. The van der Waals surface area contributed by atoms with Crippen LogP contribution in [0.3, 0.4) is 0 Å². The smallest absolute Gasteiger partial charge is 0.209 e. The van der Waals surface area contributed by atoms with Gasteiger partial charge in [0.15, 0.2) is 11.2 Å². The van der Waals surface area contributed by atoms with Crippen molar-refractivity contribution in [1.29, 1.82) is 0 Å². The molecule has 9 heteroatoms. The minimum atomic E-state index is -0.143. The highest BCUT2D eigenvalue weighted by molar-refractivity contribution is 8.00. The fourth-order valence-corrected chi connectivity index (χ4v) is 5.32. The van der Waals surface area contributed by atoms with E-state index < -0.39 is 0 Å². The van der Waals surface area contributed by atoms with Gasteiger partial charge in [0.25, 0.3) is 0 Å².